The van der Waals surface area contributed by atoms with Crippen LogP contribution in [-0.4, -0.2) is 51.5 Å². The predicted octanol–water partition coefficient (Wildman–Crippen LogP) is 6.23. The fourth-order valence-electron chi connectivity index (χ4n) is 5.14. The van der Waals surface area contributed by atoms with Gasteiger partial charge in [-0.2, -0.15) is 0 Å². The van der Waals surface area contributed by atoms with E-state index in [9.17, 15) is 4.79 Å². The summed E-state index contributed by atoms with van der Waals surface area (Å²) in [5.74, 6) is 0. The van der Waals surface area contributed by atoms with Crippen LogP contribution < -0.4 is 0 Å². The van der Waals surface area contributed by atoms with E-state index < -0.39 is 12.6 Å². The summed E-state index contributed by atoms with van der Waals surface area (Å²) in [4.78, 5) is 22.5. The van der Waals surface area contributed by atoms with E-state index in [1.54, 1.807) is 9.80 Å². The molecule has 2 aliphatic rings. The first-order valence-corrected chi connectivity index (χ1v) is 12.7. The third-order valence-corrected chi connectivity index (χ3v) is 6.91. The summed E-state index contributed by atoms with van der Waals surface area (Å²) in [6, 6.07) is 12.7. The number of hydrogen-bond donors (Lipinski definition) is 2. The first-order valence-electron chi connectivity index (χ1n) is 14.2. The Kier molecular flexibility index (Phi) is 5.41. The number of H-pyrrole nitrogens is 2. The Balaban J connectivity index is 0.000000160. The van der Waals surface area contributed by atoms with Crippen LogP contribution in [0.4, 0.5) is 4.79 Å². The molecule has 0 unspecified atom stereocenters. The number of aromatic amines is 2. The van der Waals surface area contributed by atoms with Gasteiger partial charge in [-0.15, -0.1) is 0 Å². The summed E-state index contributed by atoms with van der Waals surface area (Å²) < 4.78 is 28.0. The molecule has 0 fully saturated rings. The Bertz CT molecular complexity index is 1530. The van der Waals surface area contributed by atoms with E-state index in [0.29, 0.717) is 26.2 Å². The monoisotopic (exact) mass is 489 g/mol. The molecule has 190 valence electrons. The highest BCUT2D eigenvalue weighted by Crippen LogP contribution is 2.30. The summed E-state index contributed by atoms with van der Waals surface area (Å²) in [5, 5.41) is 2.39. The molecule has 0 radical (unpaired) electrons. The van der Waals surface area contributed by atoms with Crippen molar-refractivity contribution in [3.05, 3.63) is 70.0 Å². The minimum absolute atomic E-state index is 0.227. The number of likely N-dealkylation sites (N-methyl/N-ethyl adjacent to an activating group) is 1. The molecule has 4 aromatic rings. The van der Waals surface area contributed by atoms with Crippen LogP contribution in [0, 0.1) is 13.8 Å². The van der Waals surface area contributed by atoms with Crippen molar-refractivity contribution in [1.82, 2.24) is 19.8 Å². The molecule has 0 saturated heterocycles. The number of carbonyl (C=O) groups excluding carboxylic acids is 1. The van der Waals surface area contributed by atoms with Gasteiger partial charge in [0.25, 0.3) is 0 Å². The molecule has 6 nitrogen and oxygen atoms in total. The third kappa shape index (κ3) is 5.00. The highest BCUT2D eigenvalue weighted by molar-refractivity contribution is 5.86. The highest BCUT2D eigenvalue weighted by Gasteiger charge is 2.27. The Hall–Kier alpha value is -3.25. The molecule has 36 heavy (non-hydrogen) atoms. The number of nitrogens with one attached hydrogen (secondary N) is 2. The number of ether oxygens (including phenoxy) is 1. The Morgan fingerprint density at radius 3 is 2.00 bits per heavy atom. The van der Waals surface area contributed by atoms with Gasteiger partial charge in [0.2, 0.25) is 0 Å². The second-order valence-electron chi connectivity index (χ2n) is 11.1. The zero-order valence-corrected chi connectivity index (χ0v) is 21.9. The Labute approximate surface area is 217 Å². The number of rotatable bonds is 0. The SMILES string of the molecule is Cc1ccc2[nH]c3c(c2c1)CN(C(=O)OC(C)(C)C)CC3.[2H]C([2H])([2H])N1CCc2[nH]c3ccc(C)cc3c2C1. The largest absolute Gasteiger partial charge is 0.444 e. The Morgan fingerprint density at radius 2 is 1.44 bits per heavy atom. The molecule has 4 heterocycles. The summed E-state index contributed by atoms with van der Waals surface area (Å²) in [5.41, 5.74) is 9.06. The maximum atomic E-state index is 12.2. The van der Waals surface area contributed by atoms with Gasteiger partial charge in [0.15, 0.2) is 0 Å². The number of amides is 1. The summed E-state index contributed by atoms with van der Waals surface area (Å²) in [6.45, 7) is 10.3. The lowest BCUT2D eigenvalue weighted by Crippen LogP contribution is -2.39. The number of aryl methyl sites for hydroxylation is 2. The van der Waals surface area contributed by atoms with E-state index in [2.05, 4.69) is 60.2 Å². The van der Waals surface area contributed by atoms with Crippen molar-refractivity contribution in [2.45, 2.75) is 66.2 Å². The lowest BCUT2D eigenvalue weighted by Gasteiger charge is -2.30. The molecule has 2 N–H and O–H groups in total. The third-order valence-electron chi connectivity index (χ3n) is 6.91. The van der Waals surface area contributed by atoms with Crippen LogP contribution in [0.1, 0.15) is 58.5 Å². The highest BCUT2D eigenvalue weighted by atomic mass is 16.6. The molecule has 2 aromatic heterocycles. The van der Waals surface area contributed by atoms with Crippen LogP contribution in [-0.2, 0) is 30.7 Å². The van der Waals surface area contributed by atoms with Crippen LogP contribution in [0.25, 0.3) is 21.8 Å². The fraction of sp³-hybridized carbons (Fsp3) is 0.433. The molecular weight excluding hydrogens is 448 g/mol. The topological polar surface area (TPSA) is 64.4 Å². The van der Waals surface area contributed by atoms with Crippen molar-refractivity contribution in [2.75, 3.05) is 20.1 Å². The zero-order chi connectivity index (χ0) is 28.1. The first-order chi connectivity index (χ1) is 18.3. The molecule has 6 heteroatoms. The van der Waals surface area contributed by atoms with Crippen LogP contribution in [0.2, 0.25) is 0 Å². The van der Waals surface area contributed by atoms with Gasteiger partial charge in [0.1, 0.15) is 5.60 Å². The number of aromatic nitrogens is 2. The molecule has 2 aromatic carbocycles. The Morgan fingerprint density at radius 1 is 0.889 bits per heavy atom. The molecule has 0 spiro atoms. The first kappa shape index (κ1) is 20.9. The maximum absolute atomic E-state index is 12.2. The predicted molar refractivity (Wildman–Crippen MR) is 146 cm³/mol. The molecule has 1 amide bonds. The smallest absolute Gasteiger partial charge is 0.410 e. The quantitative estimate of drug-likeness (QED) is 0.308. The van der Waals surface area contributed by atoms with Crippen molar-refractivity contribution in [3.8, 4) is 0 Å². The second-order valence-corrected chi connectivity index (χ2v) is 11.1. The average molecular weight is 490 g/mol. The van der Waals surface area contributed by atoms with Crippen molar-refractivity contribution in [2.24, 2.45) is 0 Å². The normalized spacial score (nSPS) is 17.5. The van der Waals surface area contributed by atoms with Crippen molar-refractivity contribution in [3.63, 3.8) is 0 Å². The van der Waals surface area contributed by atoms with Crippen LogP contribution in [0.5, 0.6) is 0 Å². The molecule has 2 aliphatic heterocycles. The molecule has 0 saturated carbocycles. The summed E-state index contributed by atoms with van der Waals surface area (Å²) >= 11 is 0. The van der Waals surface area contributed by atoms with Crippen LogP contribution in [0.15, 0.2) is 36.4 Å². The lowest BCUT2D eigenvalue weighted by molar-refractivity contribution is 0.0224. The van der Waals surface area contributed by atoms with Crippen molar-refractivity contribution in [1.29, 1.82) is 0 Å². The van der Waals surface area contributed by atoms with Crippen LogP contribution in [0.3, 0.4) is 0 Å². The van der Waals surface area contributed by atoms with Gasteiger partial charge in [0, 0.05) is 75.3 Å². The van der Waals surface area contributed by atoms with Crippen molar-refractivity contribution < 1.29 is 13.6 Å². The zero-order valence-electron chi connectivity index (χ0n) is 24.9. The van der Waals surface area contributed by atoms with Crippen molar-refractivity contribution >= 4 is 27.9 Å². The number of carbonyl (C=O) groups is 1. The van der Waals surface area contributed by atoms with Gasteiger partial charge in [-0.25, -0.2) is 4.79 Å². The van der Waals surface area contributed by atoms with E-state index in [4.69, 9.17) is 8.85 Å². The maximum Gasteiger partial charge on any atom is 0.410 e. The van der Waals surface area contributed by atoms with Crippen LogP contribution >= 0.6 is 0 Å². The summed E-state index contributed by atoms with van der Waals surface area (Å²) in [6.07, 6.45) is 1.40. The minimum Gasteiger partial charge on any atom is -0.444 e. The fourth-order valence-corrected chi connectivity index (χ4v) is 5.14. The van der Waals surface area contributed by atoms with Gasteiger partial charge < -0.3 is 24.5 Å². The van der Waals surface area contributed by atoms with Gasteiger partial charge in [-0.05, 0) is 71.4 Å². The molecular formula is C30H38N4O2. The van der Waals surface area contributed by atoms with E-state index in [1.165, 1.54) is 38.9 Å². The molecule has 0 bridgehead atoms. The molecule has 0 atom stereocenters. The molecule has 0 aliphatic carbocycles. The van der Waals surface area contributed by atoms with Gasteiger partial charge in [-0.3, -0.25) is 0 Å². The van der Waals surface area contributed by atoms with E-state index in [1.807, 2.05) is 20.8 Å². The van der Waals surface area contributed by atoms with Gasteiger partial charge >= 0.3 is 6.09 Å². The van der Waals surface area contributed by atoms with E-state index in [-0.39, 0.29) is 6.09 Å². The van der Waals surface area contributed by atoms with E-state index in [0.717, 1.165) is 29.4 Å². The van der Waals surface area contributed by atoms with E-state index >= 15 is 0 Å². The average Bonchev–Trinajstić information content (AvgIpc) is 3.39. The number of nitrogens with zero attached hydrogens (tertiary/aromatic N) is 2. The standard InChI is InChI=1S/C17H22N2O2.C13H16N2/c1-11-5-6-14-12(9-11)13-10-19(8-7-15(13)18-14)16(20)21-17(2,3)4;1-9-3-4-12-10(7-9)11-8-15(2)6-5-13(11)14-12/h5-6,9,18H,7-8,10H2,1-4H3;3-4,7,14H,5-6,8H2,1-2H3/i;2D3. The number of hydrogen-bond acceptors (Lipinski definition) is 3. The minimum atomic E-state index is -1.99. The number of benzene rings is 2. The second kappa shape index (κ2) is 9.32. The van der Waals surface area contributed by atoms with Gasteiger partial charge in [0.05, 0.1) is 6.54 Å². The summed E-state index contributed by atoms with van der Waals surface area (Å²) in [7, 11) is 0. The molecule has 6 rings (SSSR count). The lowest BCUT2D eigenvalue weighted by atomic mass is 10.0. The number of fused-ring (bicyclic) bond motifs is 6. The van der Waals surface area contributed by atoms with Gasteiger partial charge in [-0.1, -0.05) is 23.3 Å².